The molecular formula is C30H18O4. The average molecular weight is 442 g/mol. The second-order valence-electron chi connectivity index (χ2n) is 8.46. The molecule has 0 fully saturated rings. The highest BCUT2D eigenvalue weighted by molar-refractivity contribution is 6.16. The van der Waals surface area contributed by atoms with Gasteiger partial charge in [0.2, 0.25) is 0 Å². The predicted octanol–water partition coefficient (Wildman–Crippen LogP) is 7.36. The fraction of sp³-hybridized carbons (Fsp3) is 0. The van der Waals surface area contributed by atoms with Crippen molar-refractivity contribution in [2.75, 3.05) is 0 Å². The zero-order chi connectivity index (χ0) is 23.4. The van der Waals surface area contributed by atoms with Crippen LogP contribution in [0, 0.1) is 0 Å². The van der Waals surface area contributed by atoms with Gasteiger partial charge in [-0.15, -0.1) is 0 Å². The molecule has 4 nitrogen and oxygen atoms in total. The highest BCUT2D eigenvalue weighted by Gasteiger charge is 2.15. The summed E-state index contributed by atoms with van der Waals surface area (Å²) in [6.45, 7) is 0. The molecule has 0 aliphatic carbocycles. The lowest BCUT2D eigenvalue weighted by Gasteiger charge is -2.11. The van der Waals surface area contributed by atoms with Crippen molar-refractivity contribution < 1.29 is 19.8 Å². The molecule has 34 heavy (non-hydrogen) atoms. The third-order valence-electron chi connectivity index (χ3n) is 6.48. The molecule has 0 aliphatic rings. The predicted molar refractivity (Wildman–Crippen MR) is 136 cm³/mol. The van der Waals surface area contributed by atoms with Gasteiger partial charge in [-0.1, -0.05) is 60.7 Å². The fourth-order valence-corrected chi connectivity index (χ4v) is 4.87. The molecule has 162 valence electrons. The first-order valence-corrected chi connectivity index (χ1v) is 10.9. The first-order valence-electron chi connectivity index (χ1n) is 10.9. The van der Waals surface area contributed by atoms with Gasteiger partial charge in [-0.3, -0.25) is 0 Å². The van der Waals surface area contributed by atoms with E-state index in [1.807, 2.05) is 78.9 Å². The number of benzene rings is 6. The van der Waals surface area contributed by atoms with Gasteiger partial charge >= 0.3 is 11.9 Å². The van der Waals surface area contributed by atoms with Crippen LogP contribution in [0.1, 0.15) is 20.7 Å². The van der Waals surface area contributed by atoms with Crippen LogP contribution in [0.5, 0.6) is 0 Å². The molecular weight excluding hydrogens is 424 g/mol. The Balaban J connectivity index is 1.54. The van der Waals surface area contributed by atoms with E-state index >= 15 is 0 Å². The Hall–Kier alpha value is -4.70. The van der Waals surface area contributed by atoms with E-state index < -0.39 is 11.9 Å². The highest BCUT2D eigenvalue weighted by atomic mass is 16.4. The van der Waals surface area contributed by atoms with Crippen molar-refractivity contribution in [2.45, 2.75) is 0 Å². The summed E-state index contributed by atoms with van der Waals surface area (Å²) in [5.41, 5.74) is 2.60. The van der Waals surface area contributed by atoms with E-state index in [1.165, 1.54) is 0 Å². The van der Waals surface area contributed by atoms with Crippen LogP contribution in [0.15, 0.2) is 97.1 Å². The van der Waals surface area contributed by atoms with Gasteiger partial charge in [0.25, 0.3) is 0 Å². The molecule has 6 rings (SSSR count). The maximum absolute atomic E-state index is 12.1. The van der Waals surface area contributed by atoms with Crippen LogP contribution in [-0.2, 0) is 0 Å². The SMILES string of the molecule is O=C(O)c1cccc2cc3cc(-c4ccc5c(C(=O)O)c6ccccc6cc5c4)ccc3cc12. The third kappa shape index (κ3) is 3.08. The lowest BCUT2D eigenvalue weighted by Crippen LogP contribution is -1.99. The van der Waals surface area contributed by atoms with Gasteiger partial charge in [0.05, 0.1) is 11.1 Å². The van der Waals surface area contributed by atoms with E-state index in [1.54, 1.807) is 12.1 Å². The molecule has 0 atom stereocenters. The Bertz CT molecular complexity index is 1810. The Morgan fingerprint density at radius 3 is 1.91 bits per heavy atom. The smallest absolute Gasteiger partial charge is 0.336 e. The summed E-state index contributed by atoms with van der Waals surface area (Å²) in [5.74, 6) is -1.88. The van der Waals surface area contributed by atoms with Crippen molar-refractivity contribution in [1.29, 1.82) is 0 Å². The van der Waals surface area contributed by atoms with Crippen molar-refractivity contribution in [3.05, 3.63) is 108 Å². The lowest BCUT2D eigenvalue weighted by molar-refractivity contribution is 0.0689. The highest BCUT2D eigenvalue weighted by Crippen LogP contribution is 2.34. The molecule has 4 heteroatoms. The average Bonchev–Trinajstić information content (AvgIpc) is 2.84. The molecule has 2 N–H and O–H groups in total. The van der Waals surface area contributed by atoms with Crippen LogP contribution >= 0.6 is 0 Å². The Morgan fingerprint density at radius 2 is 1.12 bits per heavy atom. The molecule has 0 saturated heterocycles. The van der Waals surface area contributed by atoms with E-state index in [4.69, 9.17) is 0 Å². The van der Waals surface area contributed by atoms with E-state index in [0.29, 0.717) is 21.9 Å². The van der Waals surface area contributed by atoms with E-state index in [2.05, 4.69) is 6.07 Å². The minimum absolute atomic E-state index is 0.291. The number of carboxylic acid groups (broad SMARTS) is 2. The summed E-state index contributed by atoms with van der Waals surface area (Å²) in [5, 5.41) is 26.2. The topological polar surface area (TPSA) is 74.6 Å². The number of aromatic carboxylic acids is 2. The number of carboxylic acids is 2. The summed E-state index contributed by atoms with van der Waals surface area (Å²) in [4.78, 5) is 23.7. The van der Waals surface area contributed by atoms with Gasteiger partial charge in [-0.2, -0.15) is 0 Å². The minimum Gasteiger partial charge on any atom is -0.478 e. The Morgan fingerprint density at radius 1 is 0.471 bits per heavy atom. The van der Waals surface area contributed by atoms with Crippen molar-refractivity contribution in [3.8, 4) is 11.1 Å². The summed E-state index contributed by atoms with van der Waals surface area (Å²) >= 11 is 0. The molecule has 0 aliphatic heterocycles. The number of carbonyl (C=O) groups is 2. The van der Waals surface area contributed by atoms with Gasteiger partial charge in [0.15, 0.2) is 0 Å². The normalized spacial score (nSPS) is 11.4. The fourth-order valence-electron chi connectivity index (χ4n) is 4.87. The first kappa shape index (κ1) is 19.9. The molecule has 0 amide bonds. The van der Waals surface area contributed by atoms with Crippen molar-refractivity contribution in [1.82, 2.24) is 0 Å². The van der Waals surface area contributed by atoms with E-state index in [0.717, 1.165) is 43.4 Å². The summed E-state index contributed by atoms with van der Waals surface area (Å²) in [6.07, 6.45) is 0. The zero-order valence-corrected chi connectivity index (χ0v) is 17.9. The van der Waals surface area contributed by atoms with Crippen molar-refractivity contribution in [3.63, 3.8) is 0 Å². The monoisotopic (exact) mass is 442 g/mol. The van der Waals surface area contributed by atoms with Gasteiger partial charge in [-0.25, -0.2) is 9.59 Å². The van der Waals surface area contributed by atoms with Crippen LogP contribution < -0.4 is 0 Å². The summed E-state index contributed by atoms with van der Waals surface area (Å²) in [6, 6.07) is 30.8. The molecule has 0 aromatic heterocycles. The van der Waals surface area contributed by atoms with Crippen molar-refractivity contribution >= 4 is 55.0 Å². The summed E-state index contributed by atoms with van der Waals surface area (Å²) in [7, 11) is 0. The largest absolute Gasteiger partial charge is 0.478 e. The number of hydrogen-bond acceptors (Lipinski definition) is 2. The lowest BCUT2D eigenvalue weighted by atomic mass is 9.93. The zero-order valence-electron chi connectivity index (χ0n) is 17.9. The van der Waals surface area contributed by atoms with Crippen LogP contribution in [0.3, 0.4) is 0 Å². The van der Waals surface area contributed by atoms with Crippen LogP contribution in [0.25, 0.3) is 54.2 Å². The molecule has 6 aromatic rings. The number of hydrogen-bond donors (Lipinski definition) is 2. The quantitative estimate of drug-likeness (QED) is 0.281. The summed E-state index contributed by atoms with van der Waals surface area (Å²) < 4.78 is 0. The minimum atomic E-state index is -0.939. The third-order valence-corrected chi connectivity index (χ3v) is 6.48. The molecule has 0 heterocycles. The standard InChI is InChI=1S/C30H18O4/c31-29(32)26-7-3-5-21-14-22-12-17(8-9-19(22)16-27(21)26)18-10-11-25-23(13-18)15-20-4-1-2-6-24(20)28(25)30(33)34/h1-16H,(H,31,32)(H,33,34). The Labute approximate surface area is 194 Å². The van der Waals surface area contributed by atoms with E-state index in [9.17, 15) is 19.8 Å². The van der Waals surface area contributed by atoms with Crippen molar-refractivity contribution in [2.24, 2.45) is 0 Å². The van der Waals surface area contributed by atoms with Crippen LogP contribution in [0.4, 0.5) is 0 Å². The van der Waals surface area contributed by atoms with E-state index in [-0.39, 0.29) is 0 Å². The number of fused-ring (bicyclic) bond motifs is 4. The maximum Gasteiger partial charge on any atom is 0.336 e. The number of rotatable bonds is 3. The molecule has 0 unspecified atom stereocenters. The molecule has 0 bridgehead atoms. The second-order valence-corrected chi connectivity index (χ2v) is 8.46. The first-order chi connectivity index (χ1) is 16.5. The van der Waals surface area contributed by atoms with Gasteiger partial charge in [0, 0.05) is 0 Å². The molecule has 0 spiro atoms. The van der Waals surface area contributed by atoms with Crippen LogP contribution in [-0.4, -0.2) is 22.2 Å². The molecule has 0 radical (unpaired) electrons. The molecule has 6 aromatic carbocycles. The molecule has 0 saturated carbocycles. The van der Waals surface area contributed by atoms with Gasteiger partial charge in [0.1, 0.15) is 0 Å². The van der Waals surface area contributed by atoms with Crippen LogP contribution in [0.2, 0.25) is 0 Å². The van der Waals surface area contributed by atoms with Gasteiger partial charge < -0.3 is 10.2 Å². The maximum atomic E-state index is 12.1. The second kappa shape index (κ2) is 7.42. The Kier molecular flexibility index (Phi) is 4.36. The van der Waals surface area contributed by atoms with Gasteiger partial charge in [-0.05, 0) is 90.6 Å².